The monoisotopic (exact) mass is 346 g/mol. The maximum absolute atomic E-state index is 9.43. The van der Waals surface area contributed by atoms with Gasteiger partial charge in [0, 0.05) is 0 Å². The molecule has 0 bridgehead atoms. The van der Waals surface area contributed by atoms with Crippen LogP contribution in [0, 0.1) is 0 Å². The van der Waals surface area contributed by atoms with Crippen molar-refractivity contribution in [3.63, 3.8) is 0 Å². The van der Waals surface area contributed by atoms with Crippen LogP contribution >= 0.6 is 0 Å². The number of hydrogen-bond donors (Lipinski definition) is 2. The van der Waals surface area contributed by atoms with Crippen molar-refractivity contribution in [2.75, 3.05) is 0 Å². The summed E-state index contributed by atoms with van der Waals surface area (Å²) in [4.78, 5) is 0. The highest BCUT2D eigenvalue weighted by atomic mass is 16.3. The van der Waals surface area contributed by atoms with E-state index in [2.05, 4.69) is 26.0 Å². The van der Waals surface area contributed by atoms with Gasteiger partial charge in [-0.05, 0) is 80.5 Å². The van der Waals surface area contributed by atoms with E-state index in [0.29, 0.717) is 11.5 Å². The Bertz CT molecular complexity index is 850. The van der Waals surface area contributed by atoms with Gasteiger partial charge in [0.25, 0.3) is 0 Å². The molecule has 2 N–H and O–H groups in total. The molecule has 0 heterocycles. The molecule has 0 unspecified atom stereocenters. The van der Waals surface area contributed by atoms with Crippen molar-refractivity contribution in [2.45, 2.75) is 39.5 Å². The van der Waals surface area contributed by atoms with Gasteiger partial charge in [-0.1, -0.05) is 53.1 Å². The van der Waals surface area contributed by atoms with Gasteiger partial charge in [-0.15, -0.1) is 0 Å². The van der Waals surface area contributed by atoms with Crippen molar-refractivity contribution in [3.05, 3.63) is 94.1 Å². The Labute approximate surface area is 155 Å². The van der Waals surface area contributed by atoms with Gasteiger partial charge >= 0.3 is 0 Å². The van der Waals surface area contributed by atoms with Crippen LogP contribution in [0.3, 0.4) is 0 Å². The van der Waals surface area contributed by atoms with Gasteiger partial charge in [0.05, 0.1) is 0 Å². The fourth-order valence-electron chi connectivity index (χ4n) is 3.40. The van der Waals surface area contributed by atoms with Crippen LogP contribution in [0.5, 0.6) is 11.5 Å². The summed E-state index contributed by atoms with van der Waals surface area (Å²) in [6.45, 7) is 4.42. The summed E-state index contributed by atoms with van der Waals surface area (Å²) in [7, 11) is 0. The van der Waals surface area contributed by atoms with Crippen molar-refractivity contribution in [1.29, 1.82) is 0 Å². The molecule has 0 spiro atoms. The molecule has 0 saturated carbocycles. The molecular weight excluding hydrogens is 320 g/mol. The number of allylic oxidation sites excluding steroid dienone is 6. The van der Waals surface area contributed by atoms with Gasteiger partial charge in [-0.3, -0.25) is 0 Å². The summed E-state index contributed by atoms with van der Waals surface area (Å²) in [5.74, 6) is 0.626. The molecule has 1 aliphatic carbocycles. The van der Waals surface area contributed by atoms with Crippen molar-refractivity contribution < 1.29 is 10.2 Å². The van der Waals surface area contributed by atoms with Crippen LogP contribution in [-0.4, -0.2) is 10.2 Å². The molecule has 0 saturated heterocycles. The van der Waals surface area contributed by atoms with E-state index in [1.54, 1.807) is 24.3 Å². The van der Waals surface area contributed by atoms with E-state index in [1.165, 1.54) is 33.4 Å². The fraction of sp³-hybridized carbons (Fsp3) is 0.250. The molecule has 3 rings (SSSR count). The average molecular weight is 346 g/mol. The normalized spacial score (nSPS) is 17.9. The van der Waals surface area contributed by atoms with E-state index in [-0.39, 0.29) is 0 Å². The Morgan fingerprint density at radius 1 is 0.769 bits per heavy atom. The third-order valence-electron chi connectivity index (χ3n) is 5.05. The predicted octanol–water partition coefficient (Wildman–Crippen LogP) is 5.87. The molecule has 2 aromatic carbocycles. The maximum Gasteiger partial charge on any atom is 0.115 e. The number of rotatable bonds is 4. The Morgan fingerprint density at radius 2 is 1.27 bits per heavy atom. The largest absolute Gasteiger partial charge is 0.508 e. The Hall–Kier alpha value is -2.74. The molecule has 2 nitrogen and oxygen atoms in total. The quantitative estimate of drug-likeness (QED) is 0.680. The minimum atomic E-state index is 0.312. The first kappa shape index (κ1) is 18.1. The van der Waals surface area contributed by atoms with Crippen LogP contribution in [0.1, 0.15) is 37.8 Å². The Balaban J connectivity index is 1.74. The van der Waals surface area contributed by atoms with E-state index < -0.39 is 0 Å². The second-order valence-electron chi connectivity index (χ2n) is 7.16. The van der Waals surface area contributed by atoms with E-state index >= 15 is 0 Å². The zero-order valence-corrected chi connectivity index (χ0v) is 15.5. The lowest BCUT2D eigenvalue weighted by Gasteiger charge is -2.18. The number of benzene rings is 2. The van der Waals surface area contributed by atoms with E-state index in [0.717, 1.165) is 25.7 Å². The lowest BCUT2D eigenvalue weighted by atomic mass is 9.87. The van der Waals surface area contributed by atoms with Crippen LogP contribution in [0.2, 0.25) is 0 Å². The first-order valence-corrected chi connectivity index (χ1v) is 9.10. The highest BCUT2D eigenvalue weighted by Crippen LogP contribution is 2.29. The summed E-state index contributed by atoms with van der Waals surface area (Å²) in [6.07, 6.45) is 8.37. The maximum atomic E-state index is 9.43. The molecule has 2 heteroatoms. The van der Waals surface area contributed by atoms with Crippen LogP contribution in [0.4, 0.5) is 0 Å². The van der Waals surface area contributed by atoms with Crippen molar-refractivity contribution >= 4 is 0 Å². The highest BCUT2D eigenvalue weighted by Gasteiger charge is 2.11. The smallest absolute Gasteiger partial charge is 0.115 e. The number of hydrogen-bond acceptors (Lipinski definition) is 2. The molecule has 0 fully saturated rings. The first-order chi connectivity index (χ1) is 12.5. The van der Waals surface area contributed by atoms with E-state index in [1.807, 2.05) is 24.3 Å². The second-order valence-corrected chi connectivity index (χ2v) is 7.16. The third kappa shape index (κ3) is 4.66. The van der Waals surface area contributed by atoms with Crippen molar-refractivity contribution in [2.24, 2.45) is 0 Å². The summed E-state index contributed by atoms with van der Waals surface area (Å²) in [5, 5.41) is 18.9. The SMILES string of the molecule is C/C(Cc1ccc(O)cc1)=C1/C=CC/C(=C(\C)Cc2ccc(O)cc2)C1. The molecule has 0 atom stereocenters. The number of phenolic OH excluding ortho intramolecular Hbond substituents is 2. The molecular formula is C24H26O2. The lowest BCUT2D eigenvalue weighted by Crippen LogP contribution is -2.01. The zero-order valence-electron chi connectivity index (χ0n) is 15.5. The zero-order chi connectivity index (χ0) is 18.5. The molecule has 0 aliphatic heterocycles. The summed E-state index contributed by atoms with van der Waals surface area (Å²) >= 11 is 0. The molecule has 26 heavy (non-hydrogen) atoms. The van der Waals surface area contributed by atoms with Gasteiger partial charge in [-0.25, -0.2) is 0 Å². The van der Waals surface area contributed by atoms with Gasteiger partial charge in [0.2, 0.25) is 0 Å². The van der Waals surface area contributed by atoms with Crippen molar-refractivity contribution in [3.8, 4) is 11.5 Å². The summed E-state index contributed by atoms with van der Waals surface area (Å²) in [6, 6.07) is 14.9. The van der Waals surface area contributed by atoms with Crippen LogP contribution < -0.4 is 0 Å². The number of aromatic hydroxyl groups is 2. The second kappa shape index (κ2) is 8.09. The Morgan fingerprint density at radius 3 is 1.81 bits per heavy atom. The minimum Gasteiger partial charge on any atom is -0.508 e. The number of phenols is 2. The lowest BCUT2D eigenvalue weighted by molar-refractivity contribution is 0.474. The van der Waals surface area contributed by atoms with Gasteiger partial charge in [-0.2, -0.15) is 0 Å². The topological polar surface area (TPSA) is 40.5 Å². The van der Waals surface area contributed by atoms with E-state index in [4.69, 9.17) is 0 Å². The molecule has 0 amide bonds. The highest BCUT2D eigenvalue weighted by molar-refractivity contribution is 5.40. The molecule has 2 aromatic rings. The first-order valence-electron chi connectivity index (χ1n) is 9.10. The van der Waals surface area contributed by atoms with Crippen LogP contribution in [0.25, 0.3) is 0 Å². The summed E-state index contributed by atoms with van der Waals surface area (Å²) in [5.41, 5.74) is 8.12. The predicted molar refractivity (Wildman–Crippen MR) is 107 cm³/mol. The Kier molecular flexibility index (Phi) is 5.62. The van der Waals surface area contributed by atoms with Crippen molar-refractivity contribution in [1.82, 2.24) is 0 Å². The molecule has 0 aromatic heterocycles. The van der Waals surface area contributed by atoms with E-state index in [9.17, 15) is 10.2 Å². The summed E-state index contributed by atoms with van der Waals surface area (Å²) < 4.78 is 0. The minimum absolute atomic E-state index is 0.312. The fourth-order valence-corrected chi connectivity index (χ4v) is 3.40. The van der Waals surface area contributed by atoms with Crippen LogP contribution in [0.15, 0.2) is 83.0 Å². The molecule has 134 valence electrons. The average Bonchev–Trinajstić information content (AvgIpc) is 2.65. The molecule has 0 radical (unpaired) electrons. The van der Waals surface area contributed by atoms with Crippen LogP contribution in [-0.2, 0) is 12.8 Å². The third-order valence-corrected chi connectivity index (χ3v) is 5.05. The van der Waals surface area contributed by atoms with Gasteiger partial charge in [0.15, 0.2) is 0 Å². The molecule has 1 aliphatic rings. The van der Waals surface area contributed by atoms with Gasteiger partial charge in [0.1, 0.15) is 11.5 Å². The standard InChI is InChI=1S/C24H26O2/c1-17(14-19-6-10-23(25)11-7-19)21-4-3-5-22(16-21)18(2)15-20-8-12-24(26)13-9-20/h3-4,6-13,25-26H,5,14-16H2,1-2H3/b21-17+,22-18-. The van der Waals surface area contributed by atoms with Gasteiger partial charge < -0.3 is 10.2 Å².